The number of non-ortho nitro benzene ring substituents is 1. The Labute approximate surface area is 144 Å². The van der Waals surface area contributed by atoms with E-state index in [1.165, 1.54) is 69.2 Å². The molecule has 24 heavy (non-hydrogen) atoms. The van der Waals surface area contributed by atoms with Gasteiger partial charge in [0.2, 0.25) is 0 Å². The Morgan fingerprint density at radius 2 is 1.33 bits per heavy atom. The third-order valence-corrected chi connectivity index (χ3v) is 4.78. The first-order valence-electron chi connectivity index (χ1n) is 9.22. The molecule has 1 aromatic carbocycles. The zero-order valence-electron chi connectivity index (χ0n) is 14.3. The van der Waals surface area contributed by atoms with E-state index < -0.39 is 4.92 Å². The van der Waals surface area contributed by atoms with Gasteiger partial charge in [0.1, 0.15) is 0 Å². The number of nitrogens with one attached hydrogen (secondary N) is 1. The molecule has 1 amide bonds. The summed E-state index contributed by atoms with van der Waals surface area (Å²) >= 11 is 0. The van der Waals surface area contributed by atoms with Crippen LogP contribution in [0.3, 0.4) is 0 Å². The van der Waals surface area contributed by atoms with Crippen molar-refractivity contribution in [3.63, 3.8) is 0 Å². The van der Waals surface area contributed by atoms with Gasteiger partial charge in [0.05, 0.1) is 4.92 Å². The molecule has 1 aliphatic carbocycles. The summed E-state index contributed by atoms with van der Waals surface area (Å²) in [7, 11) is 0. The summed E-state index contributed by atoms with van der Waals surface area (Å²) in [5.41, 5.74) is 0.504. The SMILES string of the molecule is O=C(NC1CCCCCCCCCCC1)c1ccc([N+](=O)[O-])cc1. The van der Waals surface area contributed by atoms with E-state index in [1.54, 1.807) is 0 Å². The molecule has 0 saturated heterocycles. The number of carbonyl (C=O) groups excluding carboxylic acids is 1. The Morgan fingerprint density at radius 3 is 1.79 bits per heavy atom. The molecule has 1 saturated carbocycles. The van der Waals surface area contributed by atoms with Crippen LogP contribution in [0.15, 0.2) is 24.3 Å². The summed E-state index contributed by atoms with van der Waals surface area (Å²) < 4.78 is 0. The van der Waals surface area contributed by atoms with E-state index in [9.17, 15) is 14.9 Å². The van der Waals surface area contributed by atoms with E-state index in [2.05, 4.69) is 5.32 Å². The van der Waals surface area contributed by atoms with Crippen molar-refractivity contribution in [2.24, 2.45) is 0 Å². The van der Waals surface area contributed by atoms with Crippen LogP contribution in [0, 0.1) is 10.1 Å². The summed E-state index contributed by atoms with van der Waals surface area (Å²) in [4.78, 5) is 22.6. The van der Waals surface area contributed by atoms with Crippen molar-refractivity contribution in [1.29, 1.82) is 0 Å². The van der Waals surface area contributed by atoms with E-state index in [4.69, 9.17) is 0 Å². The molecule has 0 spiro atoms. The number of nitro benzene ring substituents is 1. The van der Waals surface area contributed by atoms with Crippen LogP contribution in [0.4, 0.5) is 5.69 Å². The van der Waals surface area contributed by atoms with Crippen LogP contribution < -0.4 is 5.32 Å². The van der Waals surface area contributed by atoms with E-state index in [1.807, 2.05) is 0 Å². The van der Waals surface area contributed by atoms with Gasteiger partial charge in [-0.25, -0.2) is 0 Å². The molecule has 0 radical (unpaired) electrons. The molecule has 0 aliphatic heterocycles. The minimum Gasteiger partial charge on any atom is -0.349 e. The van der Waals surface area contributed by atoms with Crippen molar-refractivity contribution < 1.29 is 9.72 Å². The first kappa shape index (κ1) is 18.4. The molecule has 0 aromatic heterocycles. The topological polar surface area (TPSA) is 72.2 Å². The maximum atomic E-state index is 12.4. The molecule has 132 valence electrons. The lowest BCUT2D eigenvalue weighted by Crippen LogP contribution is -2.34. The number of amides is 1. The summed E-state index contributed by atoms with van der Waals surface area (Å²) in [5.74, 6) is -0.123. The van der Waals surface area contributed by atoms with Gasteiger partial charge in [0, 0.05) is 23.7 Å². The quantitative estimate of drug-likeness (QED) is 0.625. The molecule has 2 rings (SSSR count). The monoisotopic (exact) mass is 332 g/mol. The minimum absolute atomic E-state index is 0.0116. The summed E-state index contributed by atoms with van der Waals surface area (Å²) in [6.45, 7) is 0. The third-order valence-electron chi connectivity index (χ3n) is 4.78. The smallest absolute Gasteiger partial charge is 0.269 e. The number of benzene rings is 1. The second-order valence-electron chi connectivity index (χ2n) is 6.73. The average Bonchev–Trinajstić information content (AvgIpc) is 2.57. The largest absolute Gasteiger partial charge is 0.349 e. The highest BCUT2D eigenvalue weighted by atomic mass is 16.6. The lowest BCUT2D eigenvalue weighted by Gasteiger charge is -2.19. The average molecular weight is 332 g/mol. The Hall–Kier alpha value is -1.91. The van der Waals surface area contributed by atoms with Crippen molar-refractivity contribution in [2.45, 2.75) is 76.7 Å². The molecule has 0 atom stereocenters. The standard InChI is InChI=1S/C19H28N2O3/c22-19(16-12-14-18(15-13-16)21(23)24)20-17-10-8-6-4-2-1-3-5-7-9-11-17/h12-15,17H,1-11H2,(H,20,22). The molecule has 1 aromatic rings. The normalized spacial score (nSPS) is 18.2. The summed E-state index contributed by atoms with van der Waals surface area (Å²) in [5, 5.41) is 13.8. The first-order valence-corrected chi connectivity index (χ1v) is 9.22. The van der Waals surface area contributed by atoms with Gasteiger partial charge in [-0.05, 0) is 25.0 Å². The lowest BCUT2D eigenvalue weighted by atomic mass is 9.97. The fraction of sp³-hybridized carbons (Fsp3) is 0.632. The fourth-order valence-electron chi connectivity index (χ4n) is 3.31. The van der Waals surface area contributed by atoms with Gasteiger partial charge in [-0.15, -0.1) is 0 Å². The Morgan fingerprint density at radius 1 is 0.875 bits per heavy atom. The third kappa shape index (κ3) is 6.30. The van der Waals surface area contributed by atoms with Crippen LogP contribution >= 0.6 is 0 Å². The predicted octanol–water partition coefficient (Wildman–Crippen LogP) is 5.00. The van der Waals surface area contributed by atoms with Gasteiger partial charge in [-0.1, -0.05) is 57.8 Å². The number of hydrogen-bond donors (Lipinski definition) is 1. The van der Waals surface area contributed by atoms with Crippen LogP contribution in [0.5, 0.6) is 0 Å². The van der Waals surface area contributed by atoms with Crippen molar-refractivity contribution in [3.05, 3.63) is 39.9 Å². The van der Waals surface area contributed by atoms with Gasteiger partial charge in [0.15, 0.2) is 0 Å². The van der Waals surface area contributed by atoms with Gasteiger partial charge in [0.25, 0.3) is 11.6 Å². The van der Waals surface area contributed by atoms with Crippen LogP contribution in [0.2, 0.25) is 0 Å². The molecule has 0 heterocycles. The Bertz CT molecular complexity index is 516. The van der Waals surface area contributed by atoms with Gasteiger partial charge in [-0.3, -0.25) is 14.9 Å². The van der Waals surface area contributed by atoms with Gasteiger partial charge >= 0.3 is 0 Å². The van der Waals surface area contributed by atoms with Crippen LogP contribution in [0.25, 0.3) is 0 Å². The molecule has 1 aliphatic rings. The highest BCUT2D eigenvalue weighted by molar-refractivity contribution is 5.94. The predicted molar refractivity (Wildman–Crippen MR) is 95.1 cm³/mol. The summed E-state index contributed by atoms with van der Waals surface area (Å²) in [6, 6.07) is 6.05. The second-order valence-corrected chi connectivity index (χ2v) is 6.73. The number of hydrogen-bond acceptors (Lipinski definition) is 3. The molecule has 5 nitrogen and oxygen atoms in total. The maximum absolute atomic E-state index is 12.4. The van der Waals surface area contributed by atoms with Crippen molar-refractivity contribution in [3.8, 4) is 0 Å². The van der Waals surface area contributed by atoms with E-state index >= 15 is 0 Å². The lowest BCUT2D eigenvalue weighted by molar-refractivity contribution is -0.384. The first-order chi connectivity index (χ1) is 11.7. The van der Waals surface area contributed by atoms with E-state index in [-0.39, 0.29) is 17.6 Å². The number of rotatable bonds is 3. The molecular weight excluding hydrogens is 304 g/mol. The van der Waals surface area contributed by atoms with Crippen LogP contribution in [-0.4, -0.2) is 16.9 Å². The van der Waals surface area contributed by atoms with Crippen LogP contribution in [-0.2, 0) is 0 Å². The number of nitrogens with zero attached hydrogens (tertiary/aromatic N) is 1. The molecule has 1 fully saturated rings. The van der Waals surface area contributed by atoms with Crippen LogP contribution in [0.1, 0.15) is 81.0 Å². The highest BCUT2D eigenvalue weighted by Gasteiger charge is 2.15. The van der Waals surface area contributed by atoms with E-state index in [0.29, 0.717) is 5.56 Å². The highest BCUT2D eigenvalue weighted by Crippen LogP contribution is 2.18. The fourth-order valence-corrected chi connectivity index (χ4v) is 3.31. The molecule has 0 unspecified atom stereocenters. The van der Waals surface area contributed by atoms with Gasteiger partial charge in [-0.2, -0.15) is 0 Å². The van der Waals surface area contributed by atoms with E-state index in [0.717, 1.165) is 25.7 Å². The number of carbonyl (C=O) groups is 1. The zero-order valence-corrected chi connectivity index (χ0v) is 14.3. The van der Waals surface area contributed by atoms with Crippen molar-refractivity contribution >= 4 is 11.6 Å². The van der Waals surface area contributed by atoms with Crippen molar-refractivity contribution in [1.82, 2.24) is 5.32 Å². The Kier molecular flexibility index (Phi) is 7.72. The molecule has 0 bridgehead atoms. The van der Waals surface area contributed by atoms with Crippen molar-refractivity contribution in [2.75, 3.05) is 0 Å². The molecule has 1 N–H and O–H groups in total. The summed E-state index contributed by atoms with van der Waals surface area (Å²) in [6.07, 6.45) is 13.5. The second kappa shape index (κ2) is 10.1. The maximum Gasteiger partial charge on any atom is 0.269 e. The number of nitro groups is 1. The minimum atomic E-state index is -0.450. The molecule has 5 heteroatoms. The molecular formula is C19H28N2O3. The zero-order chi connectivity index (χ0) is 17.2. The Balaban J connectivity index is 1.89. The van der Waals surface area contributed by atoms with Gasteiger partial charge < -0.3 is 5.32 Å².